The van der Waals surface area contributed by atoms with Crippen LogP contribution in [0.1, 0.15) is 19.8 Å². The van der Waals surface area contributed by atoms with Crippen LogP contribution in [-0.4, -0.2) is 65.2 Å². The molecule has 1 aromatic heterocycles. The Morgan fingerprint density at radius 3 is 2.81 bits per heavy atom. The zero-order chi connectivity index (χ0) is 19.1. The molecule has 26 heavy (non-hydrogen) atoms. The molecule has 0 saturated heterocycles. The molecule has 1 heterocycles. The molecule has 3 N–H and O–H groups in total. The van der Waals surface area contributed by atoms with Gasteiger partial charge in [-0.25, -0.2) is 18.6 Å². The lowest BCUT2D eigenvalue weighted by molar-refractivity contribution is -0.139. The molecule has 0 unspecified atom stereocenters. The number of carboxylic acid groups (broad SMARTS) is 1. The van der Waals surface area contributed by atoms with Crippen LogP contribution in [0, 0.1) is 0 Å². The Kier molecular flexibility index (Phi) is 7.07. The van der Waals surface area contributed by atoms with E-state index in [-0.39, 0.29) is 30.2 Å². The van der Waals surface area contributed by atoms with Gasteiger partial charge >= 0.3 is 12.0 Å². The van der Waals surface area contributed by atoms with Gasteiger partial charge in [0.25, 0.3) is 6.43 Å². The van der Waals surface area contributed by atoms with Gasteiger partial charge in [0.05, 0.1) is 6.54 Å². The van der Waals surface area contributed by atoms with E-state index in [4.69, 9.17) is 9.84 Å². The van der Waals surface area contributed by atoms with Gasteiger partial charge in [-0.3, -0.25) is 9.69 Å². The Labute approximate surface area is 149 Å². The van der Waals surface area contributed by atoms with Crippen LogP contribution in [0.4, 0.5) is 19.3 Å². The van der Waals surface area contributed by atoms with Gasteiger partial charge in [0.15, 0.2) is 6.61 Å². The van der Waals surface area contributed by atoms with Gasteiger partial charge in [-0.15, -0.1) is 0 Å². The molecule has 2 rings (SSSR count). The third kappa shape index (κ3) is 5.80. The summed E-state index contributed by atoms with van der Waals surface area (Å²) in [5.41, 5.74) is 0.197. The first-order valence-corrected chi connectivity index (χ1v) is 8.28. The molecule has 1 aromatic rings. The number of amides is 2. The minimum absolute atomic E-state index is 0.0272. The molecule has 2 amide bonds. The van der Waals surface area contributed by atoms with E-state index < -0.39 is 25.0 Å². The number of alkyl halides is 2. The Bertz CT molecular complexity index is 626. The van der Waals surface area contributed by atoms with E-state index in [9.17, 15) is 18.4 Å². The van der Waals surface area contributed by atoms with Crippen LogP contribution in [0.2, 0.25) is 0 Å². The molecule has 1 fully saturated rings. The van der Waals surface area contributed by atoms with Gasteiger partial charge in [-0.2, -0.15) is 0 Å². The van der Waals surface area contributed by atoms with Crippen LogP contribution in [0.5, 0.6) is 5.88 Å². The second-order valence-electron chi connectivity index (χ2n) is 5.94. The van der Waals surface area contributed by atoms with Crippen molar-refractivity contribution >= 4 is 17.7 Å². The van der Waals surface area contributed by atoms with Crippen LogP contribution < -0.4 is 15.4 Å². The summed E-state index contributed by atoms with van der Waals surface area (Å²) in [6.45, 7) is 1.67. The summed E-state index contributed by atoms with van der Waals surface area (Å²) >= 11 is 0. The van der Waals surface area contributed by atoms with Crippen molar-refractivity contribution in [2.45, 2.75) is 38.3 Å². The van der Waals surface area contributed by atoms with Crippen LogP contribution >= 0.6 is 0 Å². The van der Waals surface area contributed by atoms with Crippen molar-refractivity contribution in [2.75, 3.05) is 25.0 Å². The Hall–Kier alpha value is -2.49. The Balaban J connectivity index is 1.81. The number of carbonyl (C=O) groups is 2. The number of aromatic nitrogens is 1. The SMILES string of the molecule is CCN(CC(=O)O)C1CC(NC(=O)Nc2cccnc2OCC(F)F)C1. The highest BCUT2D eigenvalue weighted by Crippen LogP contribution is 2.26. The number of hydrogen-bond acceptors (Lipinski definition) is 5. The number of carbonyl (C=O) groups excluding carboxylic acids is 1. The highest BCUT2D eigenvalue weighted by atomic mass is 19.3. The molecule has 0 bridgehead atoms. The second kappa shape index (κ2) is 9.27. The normalized spacial score (nSPS) is 19.1. The average Bonchev–Trinajstić information content (AvgIpc) is 2.55. The lowest BCUT2D eigenvalue weighted by Gasteiger charge is -2.42. The number of anilines is 1. The topological polar surface area (TPSA) is 104 Å². The molecule has 0 aromatic carbocycles. The van der Waals surface area contributed by atoms with Crippen LogP contribution in [0.15, 0.2) is 18.3 Å². The summed E-state index contributed by atoms with van der Waals surface area (Å²) < 4.78 is 29.4. The number of carboxylic acids is 1. The quantitative estimate of drug-likeness (QED) is 0.611. The molecule has 1 saturated carbocycles. The van der Waals surface area contributed by atoms with Crippen molar-refractivity contribution in [1.82, 2.24) is 15.2 Å². The molecule has 10 heteroatoms. The van der Waals surface area contributed by atoms with E-state index in [1.165, 1.54) is 12.3 Å². The zero-order valence-corrected chi connectivity index (χ0v) is 14.3. The third-order valence-corrected chi connectivity index (χ3v) is 4.07. The average molecular weight is 372 g/mol. The predicted octanol–water partition coefficient (Wildman–Crippen LogP) is 1.78. The summed E-state index contributed by atoms with van der Waals surface area (Å²) in [5.74, 6) is -0.957. The minimum atomic E-state index is -2.64. The maximum Gasteiger partial charge on any atom is 0.319 e. The fourth-order valence-electron chi connectivity index (χ4n) is 2.76. The number of ether oxygens (including phenoxy) is 1. The van der Waals surface area contributed by atoms with Crippen molar-refractivity contribution in [1.29, 1.82) is 0 Å². The first kappa shape index (κ1) is 19.8. The maximum absolute atomic E-state index is 12.3. The predicted molar refractivity (Wildman–Crippen MR) is 89.6 cm³/mol. The van der Waals surface area contributed by atoms with Crippen molar-refractivity contribution in [2.24, 2.45) is 0 Å². The maximum atomic E-state index is 12.3. The number of urea groups is 1. The number of nitrogens with one attached hydrogen (secondary N) is 2. The zero-order valence-electron chi connectivity index (χ0n) is 14.3. The van der Waals surface area contributed by atoms with Gasteiger partial charge in [-0.1, -0.05) is 6.92 Å². The summed E-state index contributed by atoms with van der Waals surface area (Å²) in [6.07, 6.45) is 0.0346. The fourth-order valence-corrected chi connectivity index (χ4v) is 2.76. The molecular weight excluding hydrogens is 350 g/mol. The van der Waals surface area contributed by atoms with Crippen LogP contribution in [0.25, 0.3) is 0 Å². The summed E-state index contributed by atoms with van der Waals surface area (Å²) in [6, 6.07) is 2.59. The highest BCUT2D eigenvalue weighted by molar-refractivity contribution is 5.90. The van der Waals surface area contributed by atoms with Crippen molar-refractivity contribution in [3.05, 3.63) is 18.3 Å². The lowest BCUT2D eigenvalue weighted by atomic mass is 9.85. The number of pyridine rings is 1. The number of nitrogens with zero attached hydrogens (tertiary/aromatic N) is 2. The number of aliphatic carboxylic acids is 1. The lowest BCUT2D eigenvalue weighted by Crippen LogP contribution is -2.55. The first-order chi connectivity index (χ1) is 12.4. The molecule has 8 nitrogen and oxygen atoms in total. The Morgan fingerprint density at radius 1 is 1.46 bits per heavy atom. The first-order valence-electron chi connectivity index (χ1n) is 8.28. The van der Waals surface area contributed by atoms with E-state index in [1.54, 1.807) is 6.07 Å². The van der Waals surface area contributed by atoms with E-state index in [1.807, 2.05) is 11.8 Å². The van der Waals surface area contributed by atoms with Crippen LogP contribution in [-0.2, 0) is 4.79 Å². The fraction of sp³-hybridized carbons (Fsp3) is 0.562. The third-order valence-electron chi connectivity index (χ3n) is 4.07. The summed E-state index contributed by atoms with van der Waals surface area (Å²) in [7, 11) is 0. The molecular formula is C16H22F2N4O4. The van der Waals surface area contributed by atoms with Crippen molar-refractivity contribution in [3.8, 4) is 5.88 Å². The van der Waals surface area contributed by atoms with E-state index in [2.05, 4.69) is 15.6 Å². The van der Waals surface area contributed by atoms with Crippen molar-refractivity contribution < 1.29 is 28.2 Å². The van der Waals surface area contributed by atoms with E-state index in [0.717, 1.165) is 0 Å². The summed E-state index contributed by atoms with van der Waals surface area (Å²) in [4.78, 5) is 28.6. The van der Waals surface area contributed by atoms with E-state index in [0.29, 0.717) is 19.4 Å². The van der Waals surface area contributed by atoms with Gasteiger partial charge in [0, 0.05) is 18.3 Å². The van der Waals surface area contributed by atoms with Gasteiger partial charge in [0.1, 0.15) is 5.69 Å². The molecule has 0 radical (unpaired) electrons. The molecule has 0 atom stereocenters. The highest BCUT2D eigenvalue weighted by Gasteiger charge is 2.34. The molecule has 1 aliphatic rings. The number of rotatable bonds is 9. The Morgan fingerprint density at radius 2 is 2.19 bits per heavy atom. The summed E-state index contributed by atoms with van der Waals surface area (Å²) in [5, 5.41) is 14.2. The molecule has 0 spiro atoms. The molecule has 1 aliphatic carbocycles. The van der Waals surface area contributed by atoms with Crippen LogP contribution in [0.3, 0.4) is 0 Å². The monoisotopic (exact) mass is 372 g/mol. The van der Waals surface area contributed by atoms with Gasteiger partial charge in [-0.05, 0) is 31.5 Å². The minimum Gasteiger partial charge on any atom is -0.480 e. The van der Waals surface area contributed by atoms with E-state index >= 15 is 0 Å². The van der Waals surface area contributed by atoms with Gasteiger partial charge in [0.2, 0.25) is 5.88 Å². The largest absolute Gasteiger partial charge is 0.480 e. The second-order valence-corrected chi connectivity index (χ2v) is 5.94. The molecule has 144 valence electrons. The smallest absolute Gasteiger partial charge is 0.319 e. The number of halogens is 2. The molecule has 0 aliphatic heterocycles. The van der Waals surface area contributed by atoms with Gasteiger partial charge < -0.3 is 20.5 Å². The number of likely N-dealkylation sites (N-methyl/N-ethyl adjacent to an activating group) is 1. The van der Waals surface area contributed by atoms with Crippen molar-refractivity contribution in [3.63, 3.8) is 0 Å². The number of hydrogen-bond donors (Lipinski definition) is 3. The standard InChI is InChI=1S/C16H22F2N4O4/c1-2-22(8-14(23)24)11-6-10(7-11)20-16(25)21-12-4-3-5-19-15(12)26-9-13(17)18/h3-5,10-11,13H,2,6-9H2,1H3,(H,23,24)(H2,20,21,25).